The summed E-state index contributed by atoms with van der Waals surface area (Å²) in [7, 11) is 0. The summed E-state index contributed by atoms with van der Waals surface area (Å²) in [5.41, 5.74) is 11.7. The van der Waals surface area contributed by atoms with Gasteiger partial charge in [0, 0.05) is 28.1 Å². The average molecular weight is 333 g/mol. The molecule has 1 aromatic carbocycles. The van der Waals surface area contributed by atoms with Gasteiger partial charge < -0.3 is 10.3 Å². The Hall–Kier alpha value is -1.06. The molecule has 1 aliphatic carbocycles. The topological polar surface area (TPSA) is 30.9 Å². The number of rotatable bonds is 1. The maximum absolute atomic E-state index is 6.34. The van der Waals surface area contributed by atoms with E-state index < -0.39 is 0 Å². The van der Waals surface area contributed by atoms with Gasteiger partial charge in [-0.05, 0) is 54.5 Å². The number of nitrogens with two attached hydrogens (primary N) is 1. The van der Waals surface area contributed by atoms with Crippen LogP contribution >= 0.6 is 15.9 Å². The normalized spacial score (nSPS) is 20.8. The highest BCUT2D eigenvalue weighted by atomic mass is 79.9. The van der Waals surface area contributed by atoms with Crippen molar-refractivity contribution in [3.05, 3.63) is 51.8 Å². The molecule has 2 nitrogen and oxygen atoms in total. The molecule has 0 bridgehead atoms. The molecular formula is C17H21BrN2. The van der Waals surface area contributed by atoms with Crippen LogP contribution in [0.4, 0.5) is 0 Å². The summed E-state index contributed by atoms with van der Waals surface area (Å²) in [6.45, 7) is 6.72. The van der Waals surface area contributed by atoms with E-state index in [1.807, 2.05) is 0 Å². The standard InChI is InChI=1S/C17H21BrN2/c1-11-4-5-12(8-14(11)18)20-7-6-13-15(19)9-17(2,3)10-16(13)20/h4-8,15H,9-10,19H2,1-3H3. The molecule has 1 aliphatic rings. The number of nitrogens with zero attached hydrogens (tertiary/aromatic N) is 1. The van der Waals surface area contributed by atoms with Gasteiger partial charge in [-0.2, -0.15) is 0 Å². The second-order valence-corrected chi connectivity index (χ2v) is 7.53. The number of aryl methyl sites for hydroxylation is 1. The van der Waals surface area contributed by atoms with Crippen molar-refractivity contribution in [1.29, 1.82) is 0 Å². The van der Waals surface area contributed by atoms with Crippen LogP contribution in [0.3, 0.4) is 0 Å². The SMILES string of the molecule is Cc1ccc(-n2ccc3c2CC(C)(C)CC3N)cc1Br. The van der Waals surface area contributed by atoms with Crippen molar-refractivity contribution in [3.8, 4) is 5.69 Å². The number of aromatic nitrogens is 1. The average Bonchev–Trinajstić information content (AvgIpc) is 2.75. The predicted octanol–water partition coefficient (Wildman–Crippen LogP) is 4.52. The van der Waals surface area contributed by atoms with Gasteiger partial charge in [0.15, 0.2) is 0 Å². The van der Waals surface area contributed by atoms with Crippen molar-refractivity contribution in [1.82, 2.24) is 4.57 Å². The first kappa shape index (κ1) is 13.9. The van der Waals surface area contributed by atoms with E-state index in [1.165, 1.54) is 22.5 Å². The molecule has 1 unspecified atom stereocenters. The molecule has 1 heterocycles. The van der Waals surface area contributed by atoms with Crippen molar-refractivity contribution < 1.29 is 0 Å². The highest BCUT2D eigenvalue weighted by Gasteiger charge is 2.32. The van der Waals surface area contributed by atoms with Crippen LogP contribution in [0.2, 0.25) is 0 Å². The Morgan fingerprint density at radius 2 is 2.05 bits per heavy atom. The number of hydrogen-bond acceptors (Lipinski definition) is 1. The minimum absolute atomic E-state index is 0.156. The summed E-state index contributed by atoms with van der Waals surface area (Å²) in [6.07, 6.45) is 4.29. The van der Waals surface area contributed by atoms with E-state index in [9.17, 15) is 0 Å². The first-order valence-electron chi connectivity index (χ1n) is 7.10. The Bertz CT molecular complexity index is 655. The van der Waals surface area contributed by atoms with Gasteiger partial charge in [-0.3, -0.25) is 0 Å². The minimum Gasteiger partial charge on any atom is -0.324 e. The third-order valence-corrected chi connectivity index (χ3v) is 5.13. The lowest BCUT2D eigenvalue weighted by atomic mass is 9.74. The van der Waals surface area contributed by atoms with Crippen LogP contribution in [-0.2, 0) is 6.42 Å². The zero-order valence-corrected chi connectivity index (χ0v) is 13.9. The molecule has 0 saturated heterocycles. The third-order valence-electron chi connectivity index (χ3n) is 4.28. The van der Waals surface area contributed by atoms with Gasteiger partial charge >= 0.3 is 0 Å². The Labute approximate surface area is 129 Å². The zero-order chi connectivity index (χ0) is 14.5. The number of hydrogen-bond donors (Lipinski definition) is 1. The van der Waals surface area contributed by atoms with E-state index in [2.05, 4.69) is 71.7 Å². The molecule has 0 saturated carbocycles. The molecule has 3 rings (SSSR count). The summed E-state index contributed by atoms with van der Waals surface area (Å²) in [4.78, 5) is 0. The molecule has 0 radical (unpaired) electrons. The Morgan fingerprint density at radius 1 is 1.30 bits per heavy atom. The maximum Gasteiger partial charge on any atom is 0.0463 e. The lowest BCUT2D eigenvalue weighted by Crippen LogP contribution is -2.30. The monoisotopic (exact) mass is 332 g/mol. The molecule has 1 atom stereocenters. The van der Waals surface area contributed by atoms with E-state index in [0.717, 1.165) is 17.3 Å². The molecule has 1 aromatic heterocycles. The molecule has 2 aromatic rings. The van der Waals surface area contributed by atoms with E-state index in [4.69, 9.17) is 5.73 Å². The molecule has 0 aliphatic heterocycles. The zero-order valence-electron chi connectivity index (χ0n) is 12.3. The molecule has 0 fully saturated rings. The fourth-order valence-electron chi connectivity index (χ4n) is 3.21. The molecule has 106 valence electrons. The quantitative estimate of drug-likeness (QED) is 0.817. The van der Waals surface area contributed by atoms with Crippen LogP contribution in [0.5, 0.6) is 0 Å². The predicted molar refractivity (Wildman–Crippen MR) is 87.2 cm³/mol. The summed E-state index contributed by atoms with van der Waals surface area (Å²) < 4.78 is 3.44. The lowest BCUT2D eigenvalue weighted by Gasteiger charge is -2.34. The molecule has 20 heavy (non-hydrogen) atoms. The second kappa shape index (κ2) is 4.74. The molecule has 0 spiro atoms. The molecule has 0 amide bonds. The summed E-state index contributed by atoms with van der Waals surface area (Å²) in [5.74, 6) is 0. The Kier molecular flexibility index (Phi) is 3.30. The largest absolute Gasteiger partial charge is 0.324 e. The summed E-state index contributed by atoms with van der Waals surface area (Å²) >= 11 is 3.62. The number of fused-ring (bicyclic) bond motifs is 1. The van der Waals surface area contributed by atoms with Crippen LogP contribution in [-0.4, -0.2) is 4.57 Å². The maximum atomic E-state index is 6.34. The second-order valence-electron chi connectivity index (χ2n) is 6.67. The van der Waals surface area contributed by atoms with Crippen LogP contribution in [0.1, 0.15) is 43.1 Å². The van der Waals surface area contributed by atoms with Crippen LogP contribution in [0.15, 0.2) is 34.9 Å². The van der Waals surface area contributed by atoms with Crippen LogP contribution in [0.25, 0.3) is 5.69 Å². The van der Waals surface area contributed by atoms with Crippen molar-refractivity contribution in [2.45, 2.75) is 39.7 Å². The van der Waals surface area contributed by atoms with Crippen molar-refractivity contribution in [2.75, 3.05) is 0 Å². The highest BCUT2D eigenvalue weighted by molar-refractivity contribution is 9.10. The van der Waals surface area contributed by atoms with Gasteiger partial charge in [-0.15, -0.1) is 0 Å². The first-order valence-corrected chi connectivity index (χ1v) is 7.89. The Morgan fingerprint density at radius 3 is 2.75 bits per heavy atom. The van der Waals surface area contributed by atoms with E-state index in [1.54, 1.807) is 0 Å². The molecular weight excluding hydrogens is 312 g/mol. The number of halogens is 1. The van der Waals surface area contributed by atoms with E-state index in [-0.39, 0.29) is 11.5 Å². The van der Waals surface area contributed by atoms with E-state index in [0.29, 0.717) is 0 Å². The Balaban J connectivity index is 2.10. The fraction of sp³-hybridized carbons (Fsp3) is 0.412. The van der Waals surface area contributed by atoms with Crippen LogP contribution in [0, 0.1) is 12.3 Å². The first-order chi connectivity index (χ1) is 9.37. The van der Waals surface area contributed by atoms with Gasteiger partial charge in [-0.25, -0.2) is 0 Å². The smallest absolute Gasteiger partial charge is 0.0463 e. The van der Waals surface area contributed by atoms with Crippen molar-refractivity contribution >= 4 is 15.9 Å². The van der Waals surface area contributed by atoms with E-state index >= 15 is 0 Å². The molecule has 2 N–H and O–H groups in total. The number of benzene rings is 1. The van der Waals surface area contributed by atoms with Crippen molar-refractivity contribution in [2.24, 2.45) is 11.1 Å². The summed E-state index contributed by atoms with van der Waals surface area (Å²) in [5, 5.41) is 0. The fourth-order valence-corrected chi connectivity index (χ4v) is 3.58. The van der Waals surface area contributed by atoms with Gasteiger partial charge in [-0.1, -0.05) is 35.8 Å². The van der Waals surface area contributed by atoms with Gasteiger partial charge in [0.05, 0.1) is 0 Å². The van der Waals surface area contributed by atoms with Gasteiger partial charge in [0.1, 0.15) is 0 Å². The minimum atomic E-state index is 0.156. The lowest BCUT2D eigenvalue weighted by molar-refractivity contribution is 0.278. The van der Waals surface area contributed by atoms with Gasteiger partial charge in [0.2, 0.25) is 0 Å². The van der Waals surface area contributed by atoms with Gasteiger partial charge in [0.25, 0.3) is 0 Å². The third kappa shape index (κ3) is 2.33. The molecule has 3 heteroatoms. The van der Waals surface area contributed by atoms with Crippen molar-refractivity contribution in [3.63, 3.8) is 0 Å². The van der Waals surface area contributed by atoms with Crippen LogP contribution < -0.4 is 5.73 Å². The summed E-state index contributed by atoms with van der Waals surface area (Å²) in [6, 6.07) is 8.85. The highest BCUT2D eigenvalue weighted by Crippen LogP contribution is 2.40.